The van der Waals surface area contributed by atoms with E-state index < -0.39 is 0 Å². The lowest BCUT2D eigenvalue weighted by molar-refractivity contribution is 0.00405. The molecule has 0 N–H and O–H groups in total. The molecule has 2 rings (SSSR count). The molecular weight excluding hydrogens is 188 g/mol. The molecule has 2 nitrogen and oxygen atoms in total. The van der Waals surface area contributed by atoms with E-state index in [2.05, 4.69) is 0 Å². The van der Waals surface area contributed by atoms with E-state index in [0.717, 1.165) is 25.4 Å². The summed E-state index contributed by atoms with van der Waals surface area (Å²) in [5, 5.41) is 0. The Morgan fingerprint density at radius 2 is 2.07 bits per heavy atom. The molecule has 0 aliphatic carbocycles. The highest BCUT2D eigenvalue weighted by Gasteiger charge is 2.13. The molecule has 15 heavy (non-hydrogen) atoms. The van der Waals surface area contributed by atoms with Crippen LogP contribution in [0.3, 0.4) is 0 Å². The quantitative estimate of drug-likeness (QED) is 0.754. The monoisotopic (exact) mass is 206 g/mol. The van der Waals surface area contributed by atoms with Gasteiger partial charge in [0.2, 0.25) is 0 Å². The summed E-state index contributed by atoms with van der Waals surface area (Å²) in [6, 6.07) is 9.96. The molecule has 0 amide bonds. The largest absolute Gasteiger partial charge is 0.493 e. The van der Waals surface area contributed by atoms with Gasteiger partial charge in [0.05, 0.1) is 12.7 Å². The topological polar surface area (TPSA) is 18.5 Å². The summed E-state index contributed by atoms with van der Waals surface area (Å²) in [6.45, 7) is 1.69. The number of ether oxygens (including phenoxy) is 2. The Morgan fingerprint density at radius 1 is 1.20 bits per heavy atom. The molecule has 0 spiro atoms. The Hall–Kier alpha value is -1.02. The molecule has 1 aromatic carbocycles. The standard InChI is InChI=1S/C13H18O2/c1-2-6-12(7-3-1)15-11-9-13-8-4-5-10-14-13/h1-3,6-7,13H,4-5,8-11H2. The van der Waals surface area contributed by atoms with E-state index in [0.29, 0.717) is 6.10 Å². The number of para-hydroxylation sites is 1. The minimum atomic E-state index is 0.419. The van der Waals surface area contributed by atoms with Gasteiger partial charge in [0.15, 0.2) is 0 Å². The average molecular weight is 206 g/mol. The number of benzene rings is 1. The molecule has 1 aromatic rings. The lowest BCUT2D eigenvalue weighted by Gasteiger charge is -2.22. The van der Waals surface area contributed by atoms with Crippen molar-refractivity contribution in [2.24, 2.45) is 0 Å². The molecule has 1 atom stereocenters. The number of hydrogen-bond donors (Lipinski definition) is 0. The Bertz CT molecular complexity index is 265. The maximum atomic E-state index is 5.64. The zero-order valence-corrected chi connectivity index (χ0v) is 9.02. The summed E-state index contributed by atoms with van der Waals surface area (Å²) < 4.78 is 11.3. The zero-order chi connectivity index (χ0) is 10.3. The lowest BCUT2D eigenvalue weighted by Crippen LogP contribution is -2.21. The van der Waals surface area contributed by atoms with Crippen LogP contribution in [-0.4, -0.2) is 19.3 Å². The molecule has 0 saturated carbocycles. The molecule has 1 fully saturated rings. The number of rotatable bonds is 4. The van der Waals surface area contributed by atoms with Crippen LogP contribution in [0.4, 0.5) is 0 Å². The van der Waals surface area contributed by atoms with Gasteiger partial charge in [-0.3, -0.25) is 0 Å². The number of hydrogen-bond acceptors (Lipinski definition) is 2. The third-order valence-corrected chi connectivity index (χ3v) is 2.73. The second-order valence-electron chi connectivity index (χ2n) is 3.94. The third-order valence-electron chi connectivity index (χ3n) is 2.73. The molecule has 0 radical (unpaired) electrons. The lowest BCUT2D eigenvalue weighted by atomic mass is 10.1. The Balaban J connectivity index is 1.66. The van der Waals surface area contributed by atoms with Gasteiger partial charge in [-0.05, 0) is 31.4 Å². The highest BCUT2D eigenvalue weighted by atomic mass is 16.5. The van der Waals surface area contributed by atoms with Crippen LogP contribution < -0.4 is 4.74 Å². The maximum Gasteiger partial charge on any atom is 0.119 e. The van der Waals surface area contributed by atoms with Crippen LogP contribution in [0.2, 0.25) is 0 Å². The predicted octanol–water partition coefficient (Wildman–Crippen LogP) is 3.02. The van der Waals surface area contributed by atoms with Gasteiger partial charge in [0.1, 0.15) is 5.75 Å². The van der Waals surface area contributed by atoms with Crippen LogP contribution in [-0.2, 0) is 4.74 Å². The first-order valence-electron chi connectivity index (χ1n) is 5.74. The summed E-state index contributed by atoms with van der Waals surface area (Å²) in [6.07, 6.45) is 5.14. The van der Waals surface area contributed by atoms with Crippen LogP contribution in [0.1, 0.15) is 25.7 Å². The van der Waals surface area contributed by atoms with E-state index in [9.17, 15) is 0 Å². The highest BCUT2D eigenvalue weighted by molar-refractivity contribution is 5.20. The smallest absolute Gasteiger partial charge is 0.119 e. The summed E-state index contributed by atoms with van der Waals surface area (Å²) in [5.41, 5.74) is 0. The SMILES string of the molecule is c1ccc(OCCC2CCCCO2)cc1. The zero-order valence-electron chi connectivity index (χ0n) is 9.02. The van der Waals surface area contributed by atoms with Gasteiger partial charge in [-0.25, -0.2) is 0 Å². The van der Waals surface area contributed by atoms with Gasteiger partial charge >= 0.3 is 0 Å². The van der Waals surface area contributed by atoms with Crippen molar-refractivity contribution in [3.8, 4) is 5.75 Å². The Labute approximate surface area is 91.2 Å². The first-order chi connectivity index (χ1) is 7.45. The molecule has 1 aliphatic heterocycles. The van der Waals surface area contributed by atoms with Crippen molar-refractivity contribution in [2.45, 2.75) is 31.8 Å². The Morgan fingerprint density at radius 3 is 2.80 bits per heavy atom. The molecule has 1 unspecified atom stereocenters. The van der Waals surface area contributed by atoms with Gasteiger partial charge < -0.3 is 9.47 Å². The summed E-state index contributed by atoms with van der Waals surface area (Å²) in [5.74, 6) is 0.952. The Kier molecular flexibility index (Phi) is 4.03. The highest BCUT2D eigenvalue weighted by Crippen LogP contribution is 2.16. The predicted molar refractivity (Wildman–Crippen MR) is 60.1 cm³/mol. The van der Waals surface area contributed by atoms with Crippen molar-refractivity contribution in [2.75, 3.05) is 13.2 Å². The fourth-order valence-electron chi connectivity index (χ4n) is 1.86. The average Bonchev–Trinajstić information content (AvgIpc) is 2.32. The van der Waals surface area contributed by atoms with Crippen LogP contribution in [0.15, 0.2) is 30.3 Å². The van der Waals surface area contributed by atoms with Crippen LogP contribution in [0, 0.1) is 0 Å². The molecule has 0 aromatic heterocycles. The first-order valence-corrected chi connectivity index (χ1v) is 5.74. The van der Waals surface area contributed by atoms with Gasteiger partial charge in [0.25, 0.3) is 0 Å². The summed E-state index contributed by atoms with van der Waals surface area (Å²) in [7, 11) is 0. The molecule has 82 valence electrons. The second-order valence-corrected chi connectivity index (χ2v) is 3.94. The fraction of sp³-hybridized carbons (Fsp3) is 0.538. The van der Waals surface area contributed by atoms with Gasteiger partial charge in [-0.15, -0.1) is 0 Å². The van der Waals surface area contributed by atoms with Gasteiger partial charge in [0, 0.05) is 13.0 Å². The van der Waals surface area contributed by atoms with E-state index in [1.807, 2.05) is 30.3 Å². The molecule has 2 heteroatoms. The minimum absolute atomic E-state index is 0.419. The fourth-order valence-corrected chi connectivity index (χ4v) is 1.86. The van der Waals surface area contributed by atoms with Crippen LogP contribution in [0.5, 0.6) is 5.75 Å². The van der Waals surface area contributed by atoms with Crippen molar-refractivity contribution < 1.29 is 9.47 Å². The maximum absolute atomic E-state index is 5.64. The van der Waals surface area contributed by atoms with Crippen LogP contribution >= 0.6 is 0 Å². The molecular formula is C13H18O2. The molecule has 1 heterocycles. The van der Waals surface area contributed by atoms with E-state index in [1.165, 1.54) is 19.3 Å². The van der Waals surface area contributed by atoms with Crippen molar-refractivity contribution in [3.05, 3.63) is 30.3 Å². The summed E-state index contributed by atoms with van der Waals surface area (Å²) >= 11 is 0. The molecule has 0 bridgehead atoms. The van der Waals surface area contributed by atoms with E-state index >= 15 is 0 Å². The van der Waals surface area contributed by atoms with E-state index in [1.54, 1.807) is 0 Å². The van der Waals surface area contributed by atoms with E-state index in [-0.39, 0.29) is 0 Å². The molecule has 1 saturated heterocycles. The van der Waals surface area contributed by atoms with Crippen molar-refractivity contribution in [3.63, 3.8) is 0 Å². The summed E-state index contributed by atoms with van der Waals surface area (Å²) in [4.78, 5) is 0. The second kappa shape index (κ2) is 5.76. The van der Waals surface area contributed by atoms with Gasteiger partial charge in [-0.1, -0.05) is 18.2 Å². The first kappa shape index (κ1) is 10.5. The van der Waals surface area contributed by atoms with Crippen molar-refractivity contribution in [1.82, 2.24) is 0 Å². The van der Waals surface area contributed by atoms with Crippen LogP contribution in [0.25, 0.3) is 0 Å². The third kappa shape index (κ3) is 3.56. The van der Waals surface area contributed by atoms with Gasteiger partial charge in [-0.2, -0.15) is 0 Å². The normalized spacial score (nSPS) is 21.2. The minimum Gasteiger partial charge on any atom is -0.493 e. The molecule has 1 aliphatic rings. The van der Waals surface area contributed by atoms with E-state index in [4.69, 9.17) is 9.47 Å². The van der Waals surface area contributed by atoms with Crippen molar-refractivity contribution >= 4 is 0 Å². The van der Waals surface area contributed by atoms with Crippen molar-refractivity contribution in [1.29, 1.82) is 0 Å².